The molecule has 0 amide bonds. The average molecular weight is 335 g/mol. The molecule has 3 rings (SSSR count). The van der Waals surface area contributed by atoms with Gasteiger partial charge in [-0.15, -0.1) is 0 Å². The van der Waals surface area contributed by atoms with E-state index in [1.54, 1.807) is 4.90 Å². The minimum Gasteiger partial charge on any atom is -0.350 e. The molecule has 23 heavy (non-hydrogen) atoms. The maximum atomic E-state index is 14.4. The molecular formula is C15H18F5N3. The minimum atomic E-state index is -4.68. The summed E-state index contributed by atoms with van der Waals surface area (Å²) < 4.78 is 67.2. The first-order chi connectivity index (χ1) is 10.6. The van der Waals surface area contributed by atoms with Crippen LogP contribution in [0.5, 0.6) is 0 Å². The number of piperazine rings is 1. The number of halogens is 5. The van der Waals surface area contributed by atoms with Gasteiger partial charge < -0.3 is 4.90 Å². The third-order valence-corrected chi connectivity index (χ3v) is 4.60. The lowest BCUT2D eigenvalue weighted by Crippen LogP contribution is -2.58. The van der Waals surface area contributed by atoms with Gasteiger partial charge in [0.1, 0.15) is 5.82 Å². The van der Waals surface area contributed by atoms with Gasteiger partial charge in [0.25, 0.3) is 5.92 Å². The second kappa shape index (κ2) is 5.29. The highest BCUT2D eigenvalue weighted by Gasteiger charge is 2.48. The molecule has 2 aliphatic heterocycles. The van der Waals surface area contributed by atoms with Crippen LogP contribution in [0.25, 0.3) is 0 Å². The summed E-state index contributed by atoms with van der Waals surface area (Å²) in [7, 11) is 0. The van der Waals surface area contributed by atoms with E-state index in [4.69, 9.17) is 0 Å². The van der Waals surface area contributed by atoms with Crippen LogP contribution in [0.1, 0.15) is 31.4 Å². The molecule has 0 aromatic carbocycles. The zero-order chi connectivity index (χ0) is 17.0. The van der Waals surface area contributed by atoms with Crippen LogP contribution in [0.2, 0.25) is 0 Å². The van der Waals surface area contributed by atoms with Crippen molar-refractivity contribution < 1.29 is 22.0 Å². The van der Waals surface area contributed by atoms with Crippen LogP contribution in [-0.4, -0.2) is 41.6 Å². The highest BCUT2D eigenvalue weighted by Crippen LogP contribution is 2.46. The fraction of sp³-hybridized carbons (Fsp3) is 0.667. The number of anilines is 1. The molecule has 0 spiro atoms. The first kappa shape index (κ1) is 16.4. The molecule has 3 nitrogen and oxygen atoms in total. The van der Waals surface area contributed by atoms with Gasteiger partial charge >= 0.3 is 6.18 Å². The van der Waals surface area contributed by atoms with Gasteiger partial charge in [0.05, 0.1) is 11.1 Å². The first-order valence-electron chi connectivity index (χ1n) is 7.56. The van der Waals surface area contributed by atoms with Crippen molar-refractivity contribution in [2.24, 2.45) is 0 Å². The molecule has 0 radical (unpaired) electrons. The van der Waals surface area contributed by atoms with Crippen molar-refractivity contribution in [3.8, 4) is 0 Å². The van der Waals surface area contributed by atoms with E-state index in [0.29, 0.717) is 31.9 Å². The van der Waals surface area contributed by atoms with Gasteiger partial charge in [-0.1, -0.05) is 0 Å². The molecule has 0 aliphatic carbocycles. The van der Waals surface area contributed by atoms with Gasteiger partial charge in [0.15, 0.2) is 0 Å². The fourth-order valence-electron chi connectivity index (χ4n) is 3.32. The summed E-state index contributed by atoms with van der Waals surface area (Å²) in [5.41, 5.74) is -1.74. The molecule has 0 bridgehead atoms. The van der Waals surface area contributed by atoms with Gasteiger partial charge in [-0.25, -0.2) is 13.8 Å². The Hall–Kier alpha value is -1.44. The number of hydrogen-bond acceptors (Lipinski definition) is 3. The lowest BCUT2D eigenvalue weighted by Gasteiger charge is -2.48. The molecule has 0 saturated carbocycles. The molecule has 0 N–H and O–H groups in total. The van der Waals surface area contributed by atoms with E-state index in [1.165, 1.54) is 0 Å². The number of nitrogens with zero attached hydrogens (tertiary/aromatic N) is 3. The lowest BCUT2D eigenvalue weighted by molar-refractivity contribution is -0.138. The smallest absolute Gasteiger partial charge is 0.350 e. The zero-order valence-electron chi connectivity index (χ0n) is 12.9. The van der Waals surface area contributed by atoms with Gasteiger partial charge in [-0.2, -0.15) is 13.2 Å². The molecule has 1 aromatic heterocycles. The summed E-state index contributed by atoms with van der Waals surface area (Å²) >= 11 is 0. The van der Waals surface area contributed by atoms with Crippen molar-refractivity contribution >= 4 is 5.82 Å². The molecule has 1 saturated heterocycles. The van der Waals surface area contributed by atoms with Crippen molar-refractivity contribution in [2.45, 2.75) is 44.5 Å². The van der Waals surface area contributed by atoms with Crippen LogP contribution in [0.3, 0.4) is 0 Å². The number of pyridine rings is 1. The second-order valence-electron chi connectivity index (χ2n) is 6.44. The molecule has 1 unspecified atom stereocenters. The zero-order valence-corrected chi connectivity index (χ0v) is 12.9. The van der Waals surface area contributed by atoms with E-state index >= 15 is 0 Å². The van der Waals surface area contributed by atoms with Crippen LogP contribution in [-0.2, 0) is 12.1 Å². The largest absolute Gasteiger partial charge is 0.417 e. The summed E-state index contributed by atoms with van der Waals surface area (Å²) in [5, 5.41) is 0. The van der Waals surface area contributed by atoms with Crippen LogP contribution < -0.4 is 4.90 Å². The van der Waals surface area contributed by atoms with Gasteiger partial charge in [-0.05, 0) is 19.9 Å². The Kier molecular flexibility index (Phi) is 3.78. The van der Waals surface area contributed by atoms with Crippen LogP contribution in [0.4, 0.5) is 27.8 Å². The van der Waals surface area contributed by atoms with E-state index in [-0.39, 0.29) is 11.9 Å². The Morgan fingerprint density at radius 3 is 2.57 bits per heavy atom. The lowest BCUT2D eigenvalue weighted by atomic mass is 9.91. The van der Waals surface area contributed by atoms with E-state index < -0.39 is 35.7 Å². The summed E-state index contributed by atoms with van der Waals surface area (Å²) in [5.74, 6) is -3.31. The van der Waals surface area contributed by atoms with Crippen molar-refractivity contribution in [1.82, 2.24) is 9.88 Å². The van der Waals surface area contributed by atoms with E-state index in [9.17, 15) is 22.0 Å². The molecule has 8 heteroatoms. The van der Waals surface area contributed by atoms with E-state index in [0.717, 1.165) is 0 Å². The quantitative estimate of drug-likeness (QED) is 0.733. The monoisotopic (exact) mass is 335 g/mol. The van der Waals surface area contributed by atoms with Crippen LogP contribution in [0.15, 0.2) is 12.3 Å². The molecule has 1 fully saturated rings. The van der Waals surface area contributed by atoms with Gasteiger partial charge in [0, 0.05) is 44.3 Å². The summed E-state index contributed by atoms with van der Waals surface area (Å²) in [6.07, 6.45) is -4.51. The molecule has 128 valence electrons. The van der Waals surface area contributed by atoms with Crippen LogP contribution >= 0.6 is 0 Å². The number of hydrogen-bond donors (Lipinski definition) is 0. The van der Waals surface area contributed by atoms with Crippen molar-refractivity contribution in [2.75, 3.05) is 24.5 Å². The Bertz CT molecular complexity index is 599. The van der Waals surface area contributed by atoms with Crippen molar-refractivity contribution in [1.29, 1.82) is 0 Å². The van der Waals surface area contributed by atoms with E-state index in [2.05, 4.69) is 9.88 Å². The topological polar surface area (TPSA) is 19.4 Å². The molecule has 1 atom stereocenters. The second-order valence-corrected chi connectivity index (χ2v) is 6.44. The molecule has 2 aliphatic rings. The summed E-state index contributed by atoms with van der Waals surface area (Å²) in [4.78, 5) is 7.57. The predicted octanol–water partition coefficient (Wildman–Crippen LogP) is 3.49. The molecule has 3 heterocycles. The van der Waals surface area contributed by atoms with Crippen LogP contribution in [0, 0.1) is 0 Å². The summed E-state index contributed by atoms with van der Waals surface area (Å²) in [6.45, 7) is 5.64. The Balaban J connectivity index is 1.99. The number of alkyl halides is 5. The standard InChI is InChI=1S/C15H18F5N3/c1-9(2)22-3-4-23-11(8-22)6-14(16,17)12-5-10(15(18,19)20)7-21-13(12)23/h5,7,9,11H,3-4,6,8H2,1-2H3. The minimum absolute atomic E-state index is 0.0114. The SMILES string of the molecule is CC(C)N1CCN2c3ncc(C(F)(F)F)cc3C(F)(F)CC2C1. The van der Waals surface area contributed by atoms with Gasteiger partial charge in [0.2, 0.25) is 0 Å². The Labute approximate surface area is 131 Å². The van der Waals surface area contributed by atoms with E-state index in [1.807, 2.05) is 13.8 Å². The molecule has 1 aromatic rings. The highest BCUT2D eigenvalue weighted by molar-refractivity contribution is 5.55. The maximum absolute atomic E-state index is 14.4. The maximum Gasteiger partial charge on any atom is 0.417 e. The van der Waals surface area contributed by atoms with Crippen molar-refractivity contribution in [3.05, 3.63) is 23.4 Å². The molecular weight excluding hydrogens is 317 g/mol. The highest BCUT2D eigenvalue weighted by atomic mass is 19.4. The number of aromatic nitrogens is 1. The fourth-order valence-corrected chi connectivity index (χ4v) is 3.32. The average Bonchev–Trinajstić information content (AvgIpc) is 2.44. The third-order valence-electron chi connectivity index (χ3n) is 4.60. The number of rotatable bonds is 1. The third kappa shape index (κ3) is 2.88. The number of fused-ring (bicyclic) bond motifs is 3. The normalized spacial score (nSPS) is 24.5. The predicted molar refractivity (Wildman–Crippen MR) is 75.6 cm³/mol. The Morgan fingerprint density at radius 1 is 1.26 bits per heavy atom. The first-order valence-corrected chi connectivity index (χ1v) is 7.56. The Morgan fingerprint density at radius 2 is 1.96 bits per heavy atom. The van der Waals surface area contributed by atoms with Gasteiger partial charge in [-0.3, -0.25) is 4.90 Å². The summed E-state index contributed by atoms with van der Waals surface area (Å²) in [6, 6.07) is 0.360. The van der Waals surface area contributed by atoms with Crippen molar-refractivity contribution in [3.63, 3.8) is 0 Å².